The molecule has 0 aliphatic rings. The normalized spacial score (nSPS) is 12.5. The predicted octanol–water partition coefficient (Wildman–Crippen LogP) is 4.62. The molecular weight excluding hydrogens is 336 g/mol. The predicted molar refractivity (Wildman–Crippen MR) is 76.1 cm³/mol. The zero-order chi connectivity index (χ0) is 14.0. The molecule has 0 aromatic heterocycles. The van der Waals surface area contributed by atoms with Gasteiger partial charge in [0.15, 0.2) is 0 Å². The Morgan fingerprint density at radius 1 is 1.16 bits per heavy atom. The van der Waals surface area contributed by atoms with Gasteiger partial charge < -0.3 is 5.73 Å². The first-order valence-electron chi connectivity index (χ1n) is 5.62. The van der Waals surface area contributed by atoms with E-state index < -0.39 is 17.7 Å². The van der Waals surface area contributed by atoms with E-state index in [-0.39, 0.29) is 12.0 Å². The van der Waals surface area contributed by atoms with Gasteiger partial charge in [0.05, 0.1) is 5.02 Å². The summed E-state index contributed by atoms with van der Waals surface area (Å²) in [7, 11) is 0. The first kappa shape index (κ1) is 14.4. The Morgan fingerprint density at radius 3 is 2.37 bits per heavy atom. The molecule has 0 aliphatic carbocycles. The Hall–Kier alpha value is -0.970. The number of hydrogen-bond donors (Lipinski definition) is 1. The molecule has 100 valence electrons. The summed E-state index contributed by atoms with van der Waals surface area (Å²) >= 11 is 9.18. The van der Waals surface area contributed by atoms with Gasteiger partial charge in [0.2, 0.25) is 0 Å². The minimum absolute atomic E-state index is 0.000993. The van der Waals surface area contributed by atoms with Crippen LogP contribution in [0.2, 0.25) is 5.02 Å². The second-order valence-corrected chi connectivity index (χ2v) is 5.45. The number of nitrogens with two attached hydrogens (primary N) is 1. The van der Waals surface area contributed by atoms with Crippen molar-refractivity contribution in [3.05, 3.63) is 68.7 Å². The third kappa shape index (κ3) is 3.32. The van der Waals surface area contributed by atoms with Crippen LogP contribution in [0.5, 0.6) is 0 Å². The molecule has 2 N–H and O–H groups in total. The molecule has 19 heavy (non-hydrogen) atoms. The maximum absolute atomic E-state index is 13.5. The van der Waals surface area contributed by atoms with Crippen molar-refractivity contribution in [2.24, 2.45) is 5.73 Å². The molecular formula is C14H11BrClF2N. The lowest BCUT2D eigenvalue weighted by molar-refractivity contribution is 0.540. The summed E-state index contributed by atoms with van der Waals surface area (Å²) in [5.41, 5.74) is 6.75. The SMILES string of the molecule is NC(Cc1c(F)cccc1F)c1ccc(Cl)c(Br)c1. The van der Waals surface area contributed by atoms with Crippen LogP contribution in [0.1, 0.15) is 17.2 Å². The molecule has 0 saturated carbocycles. The minimum Gasteiger partial charge on any atom is -0.324 e. The number of benzene rings is 2. The summed E-state index contributed by atoms with van der Waals surface area (Å²) in [5, 5.41) is 0.563. The smallest absolute Gasteiger partial charge is 0.129 e. The standard InChI is InChI=1S/C14H11BrClF2N/c15-10-6-8(4-5-11(10)16)14(19)7-9-12(17)2-1-3-13(9)18/h1-6,14H,7,19H2. The first-order chi connectivity index (χ1) is 8.99. The van der Waals surface area contributed by atoms with Crippen molar-refractivity contribution in [3.63, 3.8) is 0 Å². The maximum Gasteiger partial charge on any atom is 0.129 e. The van der Waals surface area contributed by atoms with Crippen LogP contribution in [0.4, 0.5) is 8.78 Å². The number of hydrogen-bond acceptors (Lipinski definition) is 1. The number of halogens is 4. The van der Waals surface area contributed by atoms with Gasteiger partial charge in [0.25, 0.3) is 0 Å². The van der Waals surface area contributed by atoms with Crippen LogP contribution in [-0.4, -0.2) is 0 Å². The van der Waals surface area contributed by atoms with E-state index in [9.17, 15) is 8.78 Å². The van der Waals surface area contributed by atoms with E-state index in [0.717, 1.165) is 5.56 Å². The van der Waals surface area contributed by atoms with Gasteiger partial charge in [-0.1, -0.05) is 23.7 Å². The molecule has 0 saturated heterocycles. The van der Waals surface area contributed by atoms with Crippen LogP contribution in [0.15, 0.2) is 40.9 Å². The molecule has 0 fully saturated rings. The van der Waals surface area contributed by atoms with Crippen LogP contribution >= 0.6 is 27.5 Å². The van der Waals surface area contributed by atoms with E-state index in [0.29, 0.717) is 9.50 Å². The molecule has 2 rings (SSSR count). The molecule has 0 heterocycles. The topological polar surface area (TPSA) is 26.0 Å². The molecule has 5 heteroatoms. The Bertz CT molecular complexity index is 584. The average Bonchev–Trinajstić information content (AvgIpc) is 2.37. The summed E-state index contributed by atoms with van der Waals surface area (Å²) in [4.78, 5) is 0. The molecule has 1 nitrogen and oxygen atoms in total. The monoisotopic (exact) mass is 345 g/mol. The van der Waals surface area contributed by atoms with Crippen LogP contribution in [0.25, 0.3) is 0 Å². The minimum atomic E-state index is -0.580. The zero-order valence-corrected chi connectivity index (χ0v) is 12.2. The van der Waals surface area contributed by atoms with Crippen LogP contribution in [0, 0.1) is 11.6 Å². The largest absolute Gasteiger partial charge is 0.324 e. The first-order valence-corrected chi connectivity index (χ1v) is 6.79. The lowest BCUT2D eigenvalue weighted by Crippen LogP contribution is -2.15. The van der Waals surface area contributed by atoms with E-state index in [1.807, 2.05) is 0 Å². The fraction of sp³-hybridized carbons (Fsp3) is 0.143. The van der Waals surface area contributed by atoms with Crippen molar-refractivity contribution in [1.29, 1.82) is 0 Å². The Balaban J connectivity index is 2.25. The summed E-state index contributed by atoms with van der Waals surface area (Å²) in [6, 6.07) is 8.48. The molecule has 1 atom stereocenters. The molecule has 0 radical (unpaired) electrons. The summed E-state index contributed by atoms with van der Waals surface area (Å²) in [6.45, 7) is 0. The van der Waals surface area contributed by atoms with E-state index in [4.69, 9.17) is 17.3 Å². The van der Waals surface area contributed by atoms with Gasteiger partial charge in [-0.25, -0.2) is 8.78 Å². The molecule has 2 aromatic carbocycles. The van der Waals surface area contributed by atoms with Gasteiger partial charge in [0.1, 0.15) is 11.6 Å². The Kier molecular flexibility index (Phi) is 4.55. The molecule has 0 bridgehead atoms. The van der Waals surface area contributed by atoms with Gasteiger partial charge in [-0.05, 0) is 52.2 Å². The summed E-state index contributed by atoms with van der Waals surface area (Å²) < 4.78 is 27.8. The fourth-order valence-corrected chi connectivity index (χ4v) is 2.32. The molecule has 0 aliphatic heterocycles. The second kappa shape index (κ2) is 5.99. The highest BCUT2D eigenvalue weighted by Gasteiger charge is 2.15. The highest BCUT2D eigenvalue weighted by Crippen LogP contribution is 2.27. The van der Waals surface area contributed by atoms with Gasteiger partial charge in [-0.3, -0.25) is 0 Å². The van der Waals surface area contributed by atoms with Gasteiger partial charge in [-0.2, -0.15) is 0 Å². The maximum atomic E-state index is 13.5. The van der Waals surface area contributed by atoms with Crippen molar-refractivity contribution >= 4 is 27.5 Å². The van der Waals surface area contributed by atoms with Crippen molar-refractivity contribution in [3.8, 4) is 0 Å². The van der Waals surface area contributed by atoms with Gasteiger partial charge in [-0.15, -0.1) is 0 Å². The number of rotatable bonds is 3. The summed E-state index contributed by atoms with van der Waals surface area (Å²) in [5.74, 6) is -1.16. The van der Waals surface area contributed by atoms with E-state index in [2.05, 4.69) is 15.9 Å². The highest BCUT2D eigenvalue weighted by molar-refractivity contribution is 9.10. The van der Waals surface area contributed by atoms with Crippen molar-refractivity contribution < 1.29 is 8.78 Å². The average molecular weight is 347 g/mol. The van der Waals surface area contributed by atoms with Crippen LogP contribution in [-0.2, 0) is 6.42 Å². The molecule has 0 amide bonds. The van der Waals surface area contributed by atoms with Crippen molar-refractivity contribution in [1.82, 2.24) is 0 Å². The van der Waals surface area contributed by atoms with E-state index >= 15 is 0 Å². The zero-order valence-electron chi connectivity index (χ0n) is 9.84. The van der Waals surface area contributed by atoms with Crippen molar-refractivity contribution in [2.75, 3.05) is 0 Å². The van der Waals surface area contributed by atoms with Crippen LogP contribution in [0.3, 0.4) is 0 Å². The fourth-order valence-electron chi connectivity index (χ4n) is 1.81. The lowest BCUT2D eigenvalue weighted by atomic mass is 9.99. The van der Waals surface area contributed by atoms with Gasteiger partial charge >= 0.3 is 0 Å². The van der Waals surface area contributed by atoms with Crippen molar-refractivity contribution in [2.45, 2.75) is 12.5 Å². The summed E-state index contributed by atoms with van der Waals surface area (Å²) in [6.07, 6.45) is 0.0899. The van der Waals surface area contributed by atoms with E-state index in [1.165, 1.54) is 18.2 Å². The Labute approximate surface area is 123 Å². The molecule has 1 unspecified atom stereocenters. The van der Waals surface area contributed by atoms with Crippen LogP contribution < -0.4 is 5.73 Å². The third-order valence-corrected chi connectivity index (χ3v) is 4.07. The highest BCUT2D eigenvalue weighted by atomic mass is 79.9. The Morgan fingerprint density at radius 2 is 1.79 bits per heavy atom. The second-order valence-electron chi connectivity index (χ2n) is 4.18. The third-order valence-electron chi connectivity index (χ3n) is 2.86. The lowest BCUT2D eigenvalue weighted by Gasteiger charge is -2.14. The molecule has 2 aromatic rings. The van der Waals surface area contributed by atoms with E-state index in [1.54, 1.807) is 18.2 Å². The van der Waals surface area contributed by atoms with Gasteiger partial charge in [0, 0.05) is 16.1 Å². The molecule has 0 spiro atoms. The quantitative estimate of drug-likeness (QED) is 0.862.